The number of nitrogens with one attached hydrogen (secondary N) is 1. The number of rotatable bonds is 1. The number of anilines is 1. The second kappa shape index (κ2) is 4.44. The molecule has 6 heteroatoms. The van der Waals surface area contributed by atoms with Crippen molar-refractivity contribution < 1.29 is 4.79 Å². The smallest absolute Gasteiger partial charge is 0.235 e. The summed E-state index contributed by atoms with van der Waals surface area (Å²) in [7, 11) is 1.87. The number of carbonyl (C=O) groups excluding carboxylic acids is 1. The van der Waals surface area contributed by atoms with E-state index in [1.807, 2.05) is 20.0 Å². The van der Waals surface area contributed by atoms with Crippen molar-refractivity contribution in [2.75, 3.05) is 11.1 Å². The molecule has 2 aromatic rings. The number of fused-ring (bicyclic) bond motifs is 1. The predicted octanol–water partition coefficient (Wildman–Crippen LogP) is 2.56. The Balaban J connectivity index is 2.15. The largest absolute Gasteiger partial charge is 0.310 e. The average Bonchev–Trinajstić information content (AvgIpc) is 2.88. The lowest BCUT2D eigenvalue weighted by Gasteiger charge is -2.12. The van der Waals surface area contributed by atoms with Gasteiger partial charge >= 0.3 is 0 Å². The maximum atomic E-state index is 11.8. The number of nitrogens with zero attached hydrogens (tertiary/aromatic N) is 2. The highest BCUT2D eigenvalue weighted by molar-refractivity contribution is 8.00. The maximum absolute atomic E-state index is 11.8. The van der Waals surface area contributed by atoms with E-state index in [0.29, 0.717) is 5.75 Å². The SMILES string of the molecule is Cc1nn(C)c2c1[C@@H](c1cccs1)SCC(=O)N2. The number of thiophene rings is 1. The number of carbonyl (C=O) groups is 1. The molecule has 1 aliphatic rings. The fourth-order valence-corrected chi connectivity index (χ4v) is 4.38. The van der Waals surface area contributed by atoms with Crippen LogP contribution in [0.25, 0.3) is 0 Å². The minimum absolute atomic E-state index is 0.0447. The lowest BCUT2D eigenvalue weighted by Crippen LogP contribution is -2.15. The second-order valence-corrected chi connectivity index (χ2v) is 6.30. The van der Waals surface area contributed by atoms with Crippen LogP contribution in [0.2, 0.25) is 0 Å². The molecule has 0 fully saturated rings. The van der Waals surface area contributed by atoms with Crippen LogP contribution in [0.1, 0.15) is 21.4 Å². The van der Waals surface area contributed by atoms with Crippen molar-refractivity contribution in [2.45, 2.75) is 12.2 Å². The minimum atomic E-state index is 0.0447. The summed E-state index contributed by atoms with van der Waals surface area (Å²) < 4.78 is 1.76. The van der Waals surface area contributed by atoms with E-state index in [1.54, 1.807) is 27.8 Å². The van der Waals surface area contributed by atoms with Gasteiger partial charge in [0.25, 0.3) is 0 Å². The number of hydrogen-bond acceptors (Lipinski definition) is 4. The molecule has 1 N–H and O–H groups in total. The van der Waals surface area contributed by atoms with Crippen molar-refractivity contribution in [3.63, 3.8) is 0 Å². The molecule has 0 radical (unpaired) electrons. The average molecular weight is 279 g/mol. The first-order chi connectivity index (χ1) is 8.66. The van der Waals surface area contributed by atoms with Crippen molar-refractivity contribution in [2.24, 2.45) is 7.05 Å². The third-order valence-corrected chi connectivity index (χ3v) is 5.31. The zero-order chi connectivity index (χ0) is 12.7. The molecule has 18 heavy (non-hydrogen) atoms. The zero-order valence-electron chi connectivity index (χ0n) is 10.1. The van der Waals surface area contributed by atoms with E-state index in [9.17, 15) is 4.79 Å². The van der Waals surface area contributed by atoms with Gasteiger partial charge in [0.15, 0.2) is 0 Å². The fraction of sp³-hybridized carbons (Fsp3) is 0.333. The Kier molecular flexibility index (Phi) is 2.91. The highest BCUT2D eigenvalue weighted by Gasteiger charge is 2.29. The van der Waals surface area contributed by atoms with Crippen molar-refractivity contribution in [3.8, 4) is 0 Å². The van der Waals surface area contributed by atoms with E-state index in [0.717, 1.165) is 17.1 Å². The number of thioether (sulfide) groups is 1. The van der Waals surface area contributed by atoms with Gasteiger partial charge in [-0.25, -0.2) is 0 Å². The Morgan fingerprint density at radius 1 is 1.56 bits per heavy atom. The minimum Gasteiger partial charge on any atom is -0.310 e. The molecule has 1 atom stereocenters. The first-order valence-electron chi connectivity index (χ1n) is 5.65. The quantitative estimate of drug-likeness (QED) is 0.872. The van der Waals surface area contributed by atoms with Crippen molar-refractivity contribution >= 4 is 34.8 Å². The van der Waals surface area contributed by atoms with Gasteiger partial charge in [0.2, 0.25) is 5.91 Å². The summed E-state index contributed by atoms with van der Waals surface area (Å²) >= 11 is 3.39. The van der Waals surface area contributed by atoms with Gasteiger partial charge in [0, 0.05) is 17.5 Å². The van der Waals surface area contributed by atoms with E-state index < -0.39 is 0 Å². The van der Waals surface area contributed by atoms with Crippen LogP contribution in [0.3, 0.4) is 0 Å². The summed E-state index contributed by atoms with van der Waals surface area (Å²) in [5.41, 5.74) is 2.12. The van der Waals surface area contributed by atoms with Crippen LogP contribution in [0.4, 0.5) is 5.82 Å². The summed E-state index contributed by atoms with van der Waals surface area (Å²) in [6.45, 7) is 2.00. The van der Waals surface area contributed by atoms with Crippen molar-refractivity contribution in [1.29, 1.82) is 0 Å². The van der Waals surface area contributed by atoms with Crippen LogP contribution in [-0.2, 0) is 11.8 Å². The van der Waals surface area contributed by atoms with Gasteiger partial charge in [-0.2, -0.15) is 5.10 Å². The first kappa shape index (κ1) is 11.8. The molecule has 1 amide bonds. The molecule has 3 rings (SSSR count). The Morgan fingerprint density at radius 2 is 2.39 bits per heavy atom. The molecule has 94 valence electrons. The van der Waals surface area contributed by atoms with Gasteiger partial charge in [-0.1, -0.05) is 6.07 Å². The lowest BCUT2D eigenvalue weighted by molar-refractivity contribution is -0.113. The van der Waals surface area contributed by atoms with Crippen LogP contribution in [0, 0.1) is 6.92 Å². The van der Waals surface area contributed by atoms with Gasteiger partial charge < -0.3 is 5.32 Å². The van der Waals surface area contributed by atoms with E-state index in [-0.39, 0.29) is 11.2 Å². The fourth-order valence-electron chi connectivity index (χ4n) is 2.21. The molecule has 0 bridgehead atoms. The van der Waals surface area contributed by atoms with Crippen LogP contribution in [-0.4, -0.2) is 21.4 Å². The van der Waals surface area contributed by atoms with Crippen LogP contribution in [0.15, 0.2) is 17.5 Å². The van der Waals surface area contributed by atoms with Gasteiger partial charge in [-0.05, 0) is 18.4 Å². The molecule has 0 saturated carbocycles. The Labute approximate surface area is 113 Å². The summed E-state index contributed by atoms with van der Waals surface area (Å²) in [6, 6.07) is 4.17. The zero-order valence-corrected chi connectivity index (χ0v) is 11.8. The summed E-state index contributed by atoms with van der Waals surface area (Å²) in [5, 5.41) is 9.64. The lowest BCUT2D eigenvalue weighted by atomic mass is 10.1. The van der Waals surface area contributed by atoms with Gasteiger partial charge in [0.05, 0.1) is 16.7 Å². The summed E-state index contributed by atoms with van der Waals surface area (Å²) in [5.74, 6) is 1.36. The van der Waals surface area contributed by atoms with Gasteiger partial charge in [-0.15, -0.1) is 23.1 Å². The molecule has 0 saturated heterocycles. The molecule has 4 nitrogen and oxygen atoms in total. The summed E-state index contributed by atoms with van der Waals surface area (Å²) in [4.78, 5) is 13.0. The van der Waals surface area contributed by atoms with Crippen LogP contribution in [0.5, 0.6) is 0 Å². The number of aryl methyl sites for hydroxylation is 2. The molecule has 2 aromatic heterocycles. The van der Waals surface area contributed by atoms with Crippen LogP contribution >= 0.6 is 23.1 Å². The highest BCUT2D eigenvalue weighted by atomic mass is 32.2. The molecule has 0 aromatic carbocycles. The summed E-state index contributed by atoms with van der Waals surface area (Å²) in [6.07, 6.45) is 0. The Morgan fingerprint density at radius 3 is 3.11 bits per heavy atom. The van der Waals surface area contributed by atoms with Crippen LogP contribution < -0.4 is 5.32 Å². The third-order valence-electron chi connectivity index (χ3n) is 2.97. The standard InChI is InChI=1S/C12H13N3OS2/c1-7-10-11(8-4-3-5-17-8)18-6-9(16)13-12(10)15(2)14-7/h3-5,11H,6H2,1-2H3,(H,13,16)/t11-/m1/s1. The Hall–Kier alpha value is -1.27. The van der Waals surface area contributed by atoms with Gasteiger partial charge in [-0.3, -0.25) is 9.48 Å². The molecule has 0 aliphatic carbocycles. The number of amides is 1. The number of aromatic nitrogens is 2. The third kappa shape index (κ3) is 1.85. The first-order valence-corrected chi connectivity index (χ1v) is 7.58. The van der Waals surface area contributed by atoms with E-state index in [4.69, 9.17) is 0 Å². The molecular weight excluding hydrogens is 266 g/mol. The van der Waals surface area contributed by atoms with Gasteiger partial charge in [0.1, 0.15) is 5.82 Å². The van der Waals surface area contributed by atoms with E-state index in [2.05, 4.69) is 21.9 Å². The normalized spacial score (nSPS) is 19.2. The monoisotopic (exact) mass is 279 g/mol. The van der Waals surface area contributed by atoms with Crippen molar-refractivity contribution in [1.82, 2.24) is 9.78 Å². The molecule has 0 unspecified atom stereocenters. The van der Waals surface area contributed by atoms with E-state index in [1.165, 1.54) is 4.88 Å². The maximum Gasteiger partial charge on any atom is 0.235 e. The number of hydrogen-bond donors (Lipinski definition) is 1. The molecule has 1 aliphatic heterocycles. The topological polar surface area (TPSA) is 46.9 Å². The predicted molar refractivity (Wildman–Crippen MR) is 75.2 cm³/mol. The molecule has 3 heterocycles. The Bertz CT molecular complexity index is 589. The highest BCUT2D eigenvalue weighted by Crippen LogP contribution is 2.44. The van der Waals surface area contributed by atoms with E-state index >= 15 is 0 Å². The van der Waals surface area contributed by atoms with Crippen molar-refractivity contribution in [3.05, 3.63) is 33.6 Å². The molecule has 0 spiro atoms. The second-order valence-electron chi connectivity index (χ2n) is 4.23. The molecular formula is C12H13N3OS2.